The molecule has 0 aliphatic carbocycles. The maximum absolute atomic E-state index is 11.1. The average Bonchev–Trinajstić information content (AvgIpc) is 2.28. The minimum atomic E-state index is -0.128. The van der Waals surface area contributed by atoms with E-state index in [1.807, 2.05) is 0 Å². The molecule has 1 aliphatic heterocycles. The lowest BCUT2D eigenvalue weighted by atomic mass is 9.83. The fourth-order valence-corrected chi connectivity index (χ4v) is 1.88. The second-order valence-electron chi connectivity index (χ2n) is 4.08. The average molecular weight is 199 g/mol. The molecule has 1 rings (SSSR count). The maximum Gasteiger partial charge on any atom is 0.127 e. The Balaban J connectivity index is 2.48. The molecule has 3 nitrogen and oxygen atoms in total. The molecule has 0 aromatic heterocycles. The maximum atomic E-state index is 11.1. The largest absolute Gasteiger partial charge is 0.379 e. The van der Waals surface area contributed by atoms with Gasteiger partial charge in [0.2, 0.25) is 0 Å². The zero-order chi connectivity index (χ0) is 10.4. The van der Waals surface area contributed by atoms with Crippen LogP contribution in [0.5, 0.6) is 0 Å². The van der Waals surface area contributed by atoms with Crippen molar-refractivity contribution in [3.05, 3.63) is 0 Å². The first-order chi connectivity index (χ1) is 6.76. The second-order valence-corrected chi connectivity index (χ2v) is 4.08. The minimum absolute atomic E-state index is 0.128. The summed E-state index contributed by atoms with van der Waals surface area (Å²) in [6.07, 6.45) is 3.01. The normalized spacial score (nSPS) is 19.6. The van der Waals surface area contributed by atoms with Crippen molar-refractivity contribution in [1.82, 2.24) is 4.90 Å². The van der Waals surface area contributed by atoms with Crippen LogP contribution >= 0.6 is 0 Å². The first-order valence-corrected chi connectivity index (χ1v) is 5.53. The van der Waals surface area contributed by atoms with E-state index in [0.717, 1.165) is 52.0 Å². The number of carbonyl (C=O) groups is 1. The number of aldehydes is 1. The van der Waals surface area contributed by atoms with Crippen LogP contribution in [0, 0.1) is 5.41 Å². The molecule has 0 saturated carbocycles. The van der Waals surface area contributed by atoms with Crippen molar-refractivity contribution in [3.63, 3.8) is 0 Å². The molecule has 3 heteroatoms. The lowest BCUT2D eigenvalue weighted by Gasteiger charge is -2.34. The number of morpholine rings is 1. The summed E-state index contributed by atoms with van der Waals surface area (Å²) in [6.45, 7) is 8.64. The molecule has 0 N–H and O–H groups in total. The number of carbonyl (C=O) groups excluding carboxylic acids is 1. The van der Waals surface area contributed by atoms with Crippen LogP contribution in [0.25, 0.3) is 0 Å². The molecule has 0 atom stereocenters. The van der Waals surface area contributed by atoms with Crippen LogP contribution in [0.15, 0.2) is 0 Å². The van der Waals surface area contributed by atoms with E-state index in [9.17, 15) is 4.79 Å². The van der Waals surface area contributed by atoms with Crippen molar-refractivity contribution in [2.75, 3.05) is 32.8 Å². The summed E-state index contributed by atoms with van der Waals surface area (Å²) in [5.41, 5.74) is -0.128. The molecule has 82 valence electrons. The zero-order valence-corrected chi connectivity index (χ0v) is 9.29. The summed E-state index contributed by atoms with van der Waals surface area (Å²) in [7, 11) is 0. The van der Waals surface area contributed by atoms with Gasteiger partial charge in [-0.15, -0.1) is 0 Å². The highest BCUT2D eigenvalue weighted by Gasteiger charge is 2.28. The third kappa shape index (κ3) is 2.79. The van der Waals surface area contributed by atoms with Crippen molar-refractivity contribution in [2.45, 2.75) is 26.7 Å². The lowest BCUT2D eigenvalue weighted by molar-refractivity contribution is -0.118. The van der Waals surface area contributed by atoms with Gasteiger partial charge in [-0.05, 0) is 12.8 Å². The molecule has 0 amide bonds. The smallest absolute Gasteiger partial charge is 0.127 e. The predicted octanol–water partition coefficient (Wildman–Crippen LogP) is 1.32. The molecule has 0 aromatic carbocycles. The van der Waals surface area contributed by atoms with Gasteiger partial charge >= 0.3 is 0 Å². The van der Waals surface area contributed by atoms with Crippen LogP contribution < -0.4 is 0 Å². The van der Waals surface area contributed by atoms with Crippen molar-refractivity contribution in [2.24, 2.45) is 5.41 Å². The van der Waals surface area contributed by atoms with Gasteiger partial charge < -0.3 is 9.53 Å². The Labute approximate surface area is 86.4 Å². The fraction of sp³-hybridized carbons (Fsp3) is 0.909. The van der Waals surface area contributed by atoms with Gasteiger partial charge in [0.05, 0.1) is 13.2 Å². The highest BCUT2D eigenvalue weighted by Crippen LogP contribution is 2.25. The number of hydrogen-bond donors (Lipinski definition) is 0. The summed E-state index contributed by atoms with van der Waals surface area (Å²) in [6, 6.07) is 0. The number of nitrogens with zero attached hydrogens (tertiary/aromatic N) is 1. The third-order valence-corrected chi connectivity index (χ3v) is 3.30. The standard InChI is InChI=1S/C11H21NO2/c1-3-11(4-2,10-13)9-12-5-7-14-8-6-12/h10H,3-9H2,1-2H3. The van der Waals surface area contributed by atoms with E-state index < -0.39 is 0 Å². The Kier molecular flexibility index (Phi) is 4.55. The monoisotopic (exact) mass is 199 g/mol. The molecule has 1 fully saturated rings. The number of ether oxygens (including phenoxy) is 1. The summed E-state index contributed by atoms with van der Waals surface area (Å²) in [4.78, 5) is 13.4. The van der Waals surface area contributed by atoms with Crippen molar-refractivity contribution < 1.29 is 9.53 Å². The fourth-order valence-electron chi connectivity index (χ4n) is 1.88. The summed E-state index contributed by atoms with van der Waals surface area (Å²) >= 11 is 0. The Morgan fingerprint density at radius 2 is 1.86 bits per heavy atom. The SMILES string of the molecule is CCC(C=O)(CC)CN1CCOCC1. The summed E-state index contributed by atoms with van der Waals surface area (Å²) < 4.78 is 5.29. The molecule has 0 radical (unpaired) electrons. The van der Waals surface area contributed by atoms with E-state index in [2.05, 4.69) is 18.7 Å². The first kappa shape index (κ1) is 11.7. The molecule has 0 unspecified atom stereocenters. The Morgan fingerprint density at radius 1 is 1.29 bits per heavy atom. The van der Waals surface area contributed by atoms with Gasteiger partial charge in [-0.25, -0.2) is 0 Å². The van der Waals surface area contributed by atoms with Crippen molar-refractivity contribution in [1.29, 1.82) is 0 Å². The molecule has 0 spiro atoms. The molecule has 1 aliphatic rings. The van der Waals surface area contributed by atoms with Gasteiger partial charge in [0.1, 0.15) is 6.29 Å². The van der Waals surface area contributed by atoms with E-state index in [0.29, 0.717) is 0 Å². The summed E-state index contributed by atoms with van der Waals surface area (Å²) in [5, 5.41) is 0. The molecular weight excluding hydrogens is 178 g/mol. The van der Waals surface area contributed by atoms with Crippen LogP contribution in [-0.4, -0.2) is 44.0 Å². The molecule has 1 heterocycles. The number of hydrogen-bond acceptors (Lipinski definition) is 3. The van der Waals surface area contributed by atoms with E-state index in [1.165, 1.54) is 0 Å². The molecular formula is C11H21NO2. The topological polar surface area (TPSA) is 29.5 Å². The molecule has 0 bridgehead atoms. The number of rotatable bonds is 5. The van der Waals surface area contributed by atoms with E-state index in [-0.39, 0.29) is 5.41 Å². The Hall–Kier alpha value is -0.410. The van der Waals surface area contributed by atoms with Gasteiger partial charge in [-0.1, -0.05) is 13.8 Å². The van der Waals surface area contributed by atoms with Crippen LogP contribution in [0.2, 0.25) is 0 Å². The molecule has 1 saturated heterocycles. The van der Waals surface area contributed by atoms with Gasteiger partial charge in [-0.2, -0.15) is 0 Å². The van der Waals surface area contributed by atoms with Crippen LogP contribution in [0.1, 0.15) is 26.7 Å². The lowest BCUT2D eigenvalue weighted by Crippen LogP contribution is -2.44. The Morgan fingerprint density at radius 3 is 2.29 bits per heavy atom. The third-order valence-electron chi connectivity index (χ3n) is 3.30. The van der Waals surface area contributed by atoms with Gasteiger partial charge in [0, 0.05) is 25.0 Å². The molecule has 0 aromatic rings. The van der Waals surface area contributed by atoms with Crippen LogP contribution in [-0.2, 0) is 9.53 Å². The van der Waals surface area contributed by atoms with Gasteiger partial charge in [-0.3, -0.25) is 4.90 Å². The van der Waals surface area contributed by atoms with Crippen LogP contribution in [0.3, 0.4) is 0 Å². The molecule has 14 heavy (non-hydrogen) atoms. The van der Waals surface area contributed by atoms with Gasteiger partial charge in [0.25, 0.3) is 0 Å². The highest BCUT2D eigenvalue weighted by molar-refractivity contribution is 5.59. The summed E-state index contributed by atoms with van der Waals surface area (Å²) in [5.74, 6) is 0. The van der Waals surface area contributed by atoms with Crippen LogP contribution in [0.4, 0.5) is 0 Å². The van der Waals surface area contributed by atoms with Crippen molar-refractivity contribution in [3.8, 4) is 0 Å². The second kappa shape index (κ2) is 5.47. The predicted molar refractivity (Wildman–Crippen MR) is 56.3 cm³/mol. The first-order valence-electron chi connectivity index (χ1n) is 5.53. The van der Waals surface area contributed by atoms with E-state index in [4.69, 9.17) is 4.74 Å². The zero-order valence-electron chi connectivity index (χ0n) is 9.29. The quantitative estimate of drug-likeness (QED) is 0.625. The van der Waals surface area contributed by atoms with Gasteiger partial charge in [0.15, 0.2) is 0 Å². The Bertz CT molecular complexity index is 172. The van der Waals surface area contributed by atoms with E-state index in [1.54, 1.807) is 0 Å². The van der Waals surface area contributed by atoms with Crippen molar-refractivity contribution >= 4 is 6.29 Å². The van der Waals surface area contributed by atoms with E-state index >= 15 is 0 Å². The highest BCUT2D eigenvalue weighted by atomic mass is 16.5. The minimum Gasteiger partial charge on any atom is -0.379 e.